The van der Waals surface area contributed by atoms with E-state index in [1.807, 2.05) is 0 Å². The molecule has 0 bridgehead atoms. The fraction of sp³-hybridized carbons (Fsp3) is 0.263. The average Bonchev–Trinajstić information content (AvgIpc) is 3.11. The monoisotopic (exact) mass is 435 g/mol. The molecule has 0 aliphatic carbocycles. The first-order valence-electron chi connectivity index (χ1n) is 8.69. The zero-order chi connectivity index (χ0) is 21.2. The third-order valence-electron chi connectivity index (χ3n) is 4.15. The molecule has 0 saturated heterocycles. The Bertz CT molecular complexity index is 1160. The minimum atomic E-state index is -3.45. The molecule has 2 amide bonds. The Balaban J connectivity index is 1.81. The van der Waals surface area contributed by atoms with Gasteiger partial charge >= 0.3 is 6.03 Å². The Labute approximate surface area is 172 Å². The van der Waals surface area contributed by atoms with Crippen molar-refractivity contribution in [1.29, 1.82) is 0 Å². The molecule has 0 saturated carbocycles. The maximum absolute atomic E-state index is 12.4. The molecule has 0 radical (unpaired) electrons. The molecule has 29 heavy (non-hydrogen) atoms. The van der Waals surface area contributed by atoms with Crippen LogP contribution in [0.4, 0.5) is 16.2 Å². The summed E-state index contributed by atoms with van der Waals surface area (Å²) in [5.41, 5.74) is 1.53. The van der Waals surface area contributed by atoms with Gasteiger partial charge in [-0.15, -0.1) is 11.3 Å². The number of ether oxygens (including phenoxy) is 2. The second-order valence-corrected chi connectivity index (χ2v) is 10.1. The maximum atomic E-state index is 12.4. The van der Waals surface area contributed by atoms with Crippen molar-refractivity contribution in [2.24, 2.45) is 0 Å². The van der Waals surface area contributed by atoms with Crippen LogP contribution >= 0.6 is 11.3 Å². The Morgan fingerprint density at radius 2 is 1.83 bits per heavy atom. The number of anilines is 2. The predicted octanol–water partition coefficient (Wildman–Crippen LogP) is 4.14. The number of urea groups is 1. The second kappa shape index (κ2) is 8.26. The van der Waals surface area contributed by atoms with Gasteiger partial charge in [-0.3, -0.25) is 0 Å². The standard InChI is InChI=1S/C19H21N3O5S2/c1-11(2)29(24,25)19-22-14-7-5-12(9-17(14)28-19)20-18(23)21-15-10-13(26-3)6-8-16(15)27-4/h5-11H,1-4H3,(H2,20,21,23). The van der Waals surface area contributed by atoms with Crippen molar-refractivity contribution in [3.8, 4) is 11.5 Å². The molecule has 0 unspecified atom stereocenters. The van der Waals surface area contributed by atoms with Crippen molar-refractivity contribution in [3.05, 3.63) is 36.4 Å². The van der Waals surface area contributed by atoms with E-state index in [0.717, 1.165) is 11.3 Å². The Morgan fingerprint density at radius 1 is 1.07 bits per heavy atom. The van der Waals surface area contributed by atoms with E-state index in [-0.39, 0.29) is 4.34 Å². The van der Waals surface area contributed by atoms with Crippen LogP contribution in [0.25, 0.3) is 10.2 Å². The number of fused-ring (bicyclic) bond motifs is 1. The highest BCUT2D eigenvalue weighted by Crippen LogP contribution is 2.31. The molecule has 0 atom stereocenters. The Kier molecular flexibility index (Phi) is 5.94. The van der Waals surface area contributed by atoms with Gasteiger partial charge < -0.3 is 20.1 Å². The molecule has 0 aliphatic rings. The largest absolute Gasteiger partial charge is 0.497 e. The number of amides is 2. The molecule has 2 N–H and O–H groups in total. The summed E-state index contributed by atoms with van der Waals surface area (Å²) >= 11 is 1.08. The van der Waals surface area contributed by atoms with Crippen LogP contribution in [0.1, 0.15) is 13.8 Å². The number of methoxy groups -OCH3 is 2. The van der Waals surface area contributed by atoms with E-state index >= 15 is 0 Å². The van der Waals surface area contributed by atoms with Crippen LogP contribution in [-0.2, 0) is 9.84 Å². The molecule has 2 aromatic carbocycles. The van der Waals surface area contributed by atoms with Gasteiger partial charge in [0.05, 0.1) is 35.4 Å². The number of nitrogens with zero attached hydrogens (tertiary/aromatic N) is 1. The van der Waals surface area contributed by atoms with Crippen molar-refractivity contribution in [1.82, 2.24) is 4.98 Å². The zero-order valence-corrected chi connectivity index (χ0v) is 18.0. The summed E-state index contributed by atoms with van der Waals surface area (Å²) in [6, 6.07) is 9.61. The fourth-order valence-electron chi connectivity index (χ4n) is 2.50. The summed E-state index contributed by atoms with van der Waals surface area (Å²) in [6.45, 7) is 3.23. The van der Waals surface area contributed by atoms with Crippen LogP contribution < -0.4 is 20.1 Å². The van der Waals surface area contributed by atoms with Gasteiger partial charge in [0.15, 0.2) is 0 Å². The highest BCUT2D eigenvalue weighted by Gasteiger charge is 2.23. The van der Waals surface area contributed by atoms with Gasteiger partial charge in [0, 0.05) is 11.8 Å². The van der Waals surface area contributed by atoms with Crippen molar-refractivity contribution < 1.29 is 22.7 Å². The molecule has 0 aliphatic heterocycles. The predicted molar refractivity (Wildman–Crippen MR) is 114 cm³/mol. The van der Waals surface area contributed by atoms with E-state index in [1.165, 1.54) is 14.2 Å². The van der Waals surface area contributed by atoms with E-state index in [4.69, 9.17) is 9.47 Å². The van der Waals surface area contributed by atoms with E-state index in [1.54, 1.807) is 50.2 Å². The molecular formula is C19H21N3O5S2. The maximum Gasteiger partial charge on any atom is 0.323 e. The number of thiazole rings is 1. The highest BCUT2D eigenvalue weighted by molar-refractivity contribution is 7.94. The first-order chi connectivity index (χ1) is 13.7. The topological polar surface area (TPSA) is 107 Å². The second-order valence-electron chi connectivity index (χ2n) is 6.40. The Hall–Kier alpha value is -2.85. The number of nitrogens with one attached hydrogen (secondary N) is 2. The number of rotatable bonds is 6. The number of aromatic nitrogens is 1. The minimum absolute atomic E-state index is 0.0743. The van der Waals surface area contributed by atoms with Crippen LogP contribution in [0.2, 0.25) is 0 Å². The molecule has 0 fully saturated rings. The third-order valence-corrected chi connectivity index (χ3v) is 7.72. The summed E-state index contributed by atoms with van der Waals surface area (Å²) < 4.78 is 35.8. The number of sulfone groups is 1. The van der Waals surface area contributed by atoms with Crippen LogP contribution in [0.3, 0.4) is 0 Å². The van der Waals surface area contributed by atoms with Crippen LogP contribution in [0, 0.1) is 0 Å². The average molecular weight is 436 g/mol. The third kappa shape index (κ3) is 4.43. The molecule has 1 heterocycles. The summed E-state index contributed by atoms with van der Waals surface area (Å²) in [6.07, 6.45) is 0. The first kappa shape index (κ1) is 20.9. The first-order valence-corrected chi connectivity index (χ1v) is 11.1. The quantitative estimate of drug-likeness (QED) is 0.603. The summed E-state index contributed by atoms with van der Waals surface area (Å²) in [4.78, 5) is 16.6. The van der Waals surface area contributed by atoms with E-state index in [9.17, 15) is 13.2 Å². The molecule has 1 aromatic heterocycles. The van der Waals surface area contributed by atoms with Crippen LogP contribution in [0.5, 0.6) is 11.5 Å². The van der Waals surface area contributed by atoms with Gasteiger partial charge in [0.2, 0.25) is 14.2 Å². The Morgan fingerprint density at radius 3 is 2.48 bits per heavy atom. The zero-order valence-electron chi connectivity index (χ0n) is 16.3. The lowest BCUT2D eigenvalue weighted by molar-refractivity contribution is 0.262. The molecule has 10 heteroatoms. The van der Waals surface area contributed by atoms with E-state index < -0.39 is 21.1 Å². The normalized spacial score (nSPS) is 11.5. The van der Waals surface area contributed by atoms with E-state index in [2.05, 4.69) is 15.6 Å². The molecule has 154 valence electrons. The van der Waals surface area contributed by atoms with Gasteiger partial charge in [-0.05, 0) is 44.2 Å². The molecule has 3 rings (SSSR count). The van der Waals surface area contributed by atoms with Crippen molar-refractivity contribution in [2.45, 2.75) is 23.4 Å². The minimum Gasteiger partial charge on any atom is -0.497 e. The lowest BCUT2D eigenvalue weighted by Crippen LogP contribution is -2.19. The van der Waals surface area contributed by atoms with Gasteiger partial charge in [-0.25, -0.2) is 18.2 Å². The highest BCUT2D eigenvalue weighted by atomic mass is 32.2. The smallest absolute Gasteiger partial charge is 0.323 e. The molecule has 8 nitrogen and oxygen atoms in total. The number of carbonyl (C=O) groups is 1. The number of hydrogen-bond donors (Lipinski definition) is 2. The van der Waals surface area contributed by atoms with Crippen molar-refractivity contribution in [3.63, 3.8) is 0 Å². The number of hydrogen-bond acceptors (Lipinski definition) is 7. The molecule has 0 spiro atoms. The lowest BCUT2D eigenvalue weighted by atomic mass is 10.2. The van der Waals surface area contributed by atoms with Crippen LogP contribution in [-0.4, -0.2) is 38.9 Å². The van der Waals surface area contributed by atoms with Crippen molar-refractivity contribution >= 4 is 48.8 Å². The SMILES string of the molecule is COc1ccc(OC)c(NC(=O)Nc2ccc3nc(S(=O)(=O)C(C)C)sc3c2)c1. The summed E-state index contributed by atoms with van der Waals surface area (Å²) in [7, 11) is -0.411. The van der Waals surface area contributed by atoms with Crippen LogP contribution in [0.15, 0.2) is 40.7 Å². The van der Waals surface area contributed by atoms with Gasteiger partial charge in [0.1, 0.15) is 11.5 Å². The summed E-state index contributed by atoms with van der Waals surface area (Å²) in [5.74, 6) is 1.06. The van der Waals surface area contributed by atoms with Gasteiger partial charge in [-0.1, -0.05) is 0 Å². The van der Waals surface area contributed by atoms with Gasteiger partial charge in [-0.2, -0.15) is 0 Å². The number of benzene rings is 2. The van der Waals surface area contributed by atoms with Crippen molar-refractivity contribution in [2.75, 3.05) is 24.9 Å². The van der Waals surface area contributed by atoms with E-state index in [0.29, 0.717) is 33.1 Å². The van der Waals surface area contributed by atoms with Gasteiger partial charge in [0.25, 0.3) is 0 Å². The fourth-order valence-corrected chi connectivity index (χ4v) is 5.18. The number of carbonyl (C=O) groups excluding carboxylic acids is 1. The lowest BCUT2D eigenvalue weighted by Gasteiger charge is -2.12. The summed E-state index contributed by atoms with van der Waals surface area (Å²) in [5, 5.41) is 4.89. The molecule has 3 aromatic rings. The molecular weight excluding hydrogens is 414 g/mol.